The van der Waals surface area contributed by atoms with Crippen molar-refractivity contribution < 1.29 is 37.0 Å². The van der Waals surface area contributed by atoms with Gasteiger partial charge in [-0.25, -0.2) is 14.7 Å². The van der Waals surface area contributed by atoms with Gasteiger partial charge in [0.25, 0.3) is 0 Å². The maximum atomic E-state index is 15.0. The number of unbranched alkanes of at least 4 members (excludes halogenated alkanes) is 5. The van der Waals surface area contributed by atoms with Crippen molar-refractivity contribution in [2.75, 3.05) is 11.5 Å². The fourth-order valence-electron chi connectivity index (χ4n) is 4.10. The number of anilines is 2. The van der Waals surface area contributed by atoms with Gasteiger partial charge < -0.3 is 15.6 Å². The lowest BCUT2D eigenvalue weighted by Crippen LogP contribution is -2.33. The molecule has 0 aliphatic carbocycles. The zero-order valence-corrected chi connectivity index (χ0v) is 23.3. The van der Waals surface area contributed by atoms with Crippen molar-refractivity contribution in [1.82, 2.24) is 9.97 Å². The highest BCUT2D eigenvalue weighted by Crippen LogP contribution is 2.40. The number of aryl methyl sites for hydroxylation is 1. The van der Waals surface area contributed by atoms with Crippen LogP contribution in [0.25, 0.3) is 11.3 Å². The van der Waals surface area contributed by atoms with Gasteiger partial charge in [0, 0.05) is 24.4 Å². The highest BCUT2D eigenvalue weighted by molar-refractivity contribution is 7.14. The summed E-state index contributed by atoms with van der Waals surface area (Å²) in [5.41, 5.74) is 4.55. The Hall–Kier alpha value is -3.58. The monoisotopic (exact) mass is 596 g/mol. The number of aliphatic carboxylic acids is 1. The third kappa shape index (κ3) is 8.95. The van der Waals surface area contributed by atoms with E-state index >= 15 is 0 Å². The van der Waals surface area contributed by atoms with E-state index in [-0.39, 0.29) is 34.9 Å². The van der Waals surface area contributed by atoms with Crippen LogP contribution < -0.4 is 10.6 Å². The van der Waals surface area contributed by atoms with Gasteiger partial charge in [0.1, 0.15) is 11.7 Å². The second-order valence-electron chi connectivity index (χ2n) is 9.40. The Morgan fingerprint density at radius 3 is 2.54 bits per heavy atom. The molecule has 0 bridgehead atoms. The molecule has 0 aliphatic rings. The number of thiazole rings is 1. The number of nitrogens with zero attached hydrogens (tertiary/aromatic N) is 3. The lowest BCUT2D eigenvalue weighted by atomic mass is 9.99. The predicted octanol–water partition coefficient (Wildman–Crippen LogP) is 7.34. The molecule has 0 fully saturated rings. The van der Waals surface area contributed by atoms with Crippen molar-refractivity contribution in [1.29, 1.82) is 0 Å². The Morgan fingerprint density at radius 1 is 1.15 bits per heavy atom. The van der Waals surface area contributed by atoms with Gasteiger partial charge in [-0.05, 0) is 42.7 Å². The molecule has 2 heterocycles. The van der Waals surface area contributed by atoms with E-state index in [0.29, 0.717) is 23.3 Å². The number of carboxylic acid groups (broad SMARTS) is 1. The van der Waals surface area contributed by atoms with Gasteiger partial charge in [-0.15, -0.1) is 0 Å². The van der Waals surface area contributed by atoms with Gasteiger partial charge in [-0.3, -0.25) is 9.78 Å². The highest BCUT2D eigenvalue weighted by Gasteiger charge is 2.35. The number of benzene rings is 1. The molecule has 8 nitrogen and oxygen atoms in total. The average molecular weight is 597 g/mol. The first-order valence-corrected chi connectivity index (χ1v) is 14.1. The van der Waals surface area contributed by atoms with Gasteiger partial charge in [0.05, 0.1) is 17.9 Å². The molecule has 1 unspecified atom stereocenters. The average Bonchev–Trinajstić information content (AvgIpc) is 3.31. The van der Waals surface area contributed by atoms with Crippen LogP contribution in [0.4, 0.5) is 33.2 Å². The van der Waals surface area contributed by atoms with Crippen LogP contribution in [0, 0.1) is 5.13 Å². The molecule has 1 atom stereocenters. The molecule has 0 radical (unpaired) electrons. The maximum Gasteiger partial charge on any atom is 0.420 e. The fraction of sp³-hybridized carbons (Fsp3) is 0.429. The number of rotatable bonds is 14. The van der Waals surface area contributed by atoms with Gasteiger partial charge in [-0.1, -0.05) is 56.4 Å². The molecule has 0 saturated heterocycles. The van der Waals surface area contributed by atoms with Crippen LogP contribution in [0.15, 0.2) is 42.7 Å². The van der Waals surface area contributed by atoms with Gasteiger partial charge in [-0.2, -0.15) is 17.6 Å². The molecule has 41 heavy (non-hydrogen) atoms. The molecule has 3 N–H and O–H groups in total. The van der Waals surface area contributed by atoms with E-state index in [4.69, 9.17) is 15.6 Å². The topological polar surface area (TPSA) is 119 Å². The Morgan fingerprint density at radius 2 is 1.88 bits per heavy atom. The summed E-state index contributed by atoms with van der Waals surface area (Å²) in [7, 11) is 0. The Bertz CT molecular complexity index is 1300. The lowest BCUT2D eigenvalue weighted by Gasteiger charge is -2.22. The Kier molecular flexibility index (Phi) is 11.6. The van der Waals surface area contributed by atoms with E-state index in [1.807, 2.05) is 0 Å². The van der Waals surface area contributed by atoms with Crippen LogP contribution in [0.3, 0.4) is 0 Å². The van der Waals surface area contributed by atoms with E-state index in [9.17, 15) is 27.2 Å². The number of hydrogen-bond acceptors (Lipinski definition) is 7. The normalized spacial score (nSPS) is 12.2. The first-order chi connectivity index (χ1) is 19.5. The minimum absolute atomic E-state index is 0.0823. The zero-order valence-electron chi connectivity index (χ0n) is 22.5. The zero-order chi connectivity index (χ0) is 30.0. The molecule has 2 aromatic heterocycles. The van der Waals surface area contributed by atoms with Crippen LogP contribution in [0.1, 0.15) is 63.0 Å². The van der Waals surface area contributed by atoms with Crippen LogP contribution >= 0.6 is 11.3 Å². The minimum Gasteiger partial charge on any atom is -0.480 e. The third-order valence-electron chi connectivity index (χ3n) is 6.31. The van der Waals surface area contributed by atoms with Crippen molar-refractivity contribution in [3.8, 4) is 11.3 Å². The smallest absolute Gasteiger partial charge is 0.420 e. The first-order valence-electron chi connectivity index (χ1n) is 13.2. The number of amides is 1. The third-order valence-corrected chi connectivity index (χ3v) is 7.14. The summed E-state index contributed by atoms with van der Waals surface area (Å²) >= 11 is 0.445. The molecule has 3 rings (SSSR count). The summed E-state index contributed by atoms with van der Waals surface area (Å²) < 4.78 is 62.5. The molecule has 0 saturated carbocycles. The molecular formula is C28H32F4N4O4S. The molecule has 222 valence electrons. The van der Waals surface area contributed by atoms with E-state index in [0.717, 1.165) is 43.1 Å². The number of ether oxygens (including phenoxy) is 1. The van der Waals surface area contributed by atoms with Gasteiger partial charge in [0.2, 0.25) is 10.3 Å². The number of nitrogens with two attached hydrogens (primary N) is 1. The highest BCUT2D eigenvalue weighted by atomic mass is 32.1. The molecule has 3 aromatic rings. The standard InChI is InChI=1S/C28H32F4N4O4S/c1-2-3-4-5-6-7-9-18-11-12-20(16-21(18)28(30,31)32)36(27(39)40-15-13-22(33)25(37)38)26-35-23(24(29)41-26)19-10-8-14-34-17-19/h8,10-12,14,16-17,22H,2-7,9,13,15,33H2,1H3,(H,37,38). The van der Waals surface area contributed by atoms with Crippen molar-refractivity contribution >= 4 is 34.2 Å². The van der Waals surface area contributed by atoms with Crippen molar-refractivity contribution in [3.63, 3.8) is 0 Å². The summed E-state index contributed by atoms with van der Waals surface area (Å²) in [6, 6.07) is 5.24. The molecular weight excluding hydrogens is 564 g/mol. The number of carbonyl (C=O) groups excluding carboxylic acids is 1. The molecule has 1 aromatic carbocycles. The predicted molar refractivity (Wildman–Crippen MR) is 148 cm³/mol. The quantitative estimate of drug-likeness (QED) is 0.148. The number of alkyl halides is 3. The van der Waals surface area contributed by atoms with E-state index < -0.39 is 41.6 Å². The molecule has 0 aliphatic heterocycles. The van der Waals surface area contributed by atoms with Crippen molar-refractivity contribution in [2.45, 2.75) is 70.5 Å². The summed E-state index contributed by atoms with van der Waals surface area (Å²) in [5.74, 6) is -1.31. The van der Waals surface area contributed by atoms with E-state index in [1.54, 1.807) is 12.1 Å². The number of halogens is 4. The fourth-order valence-corrected chi connectivity index (χ4v) is 4.93. The van der Waals surface area contributed by atoms with Crippen LogP contribution in [0.5, 0.6) is 0 Å². The molecule has 1 amide bonds. The van der Waals surface area contributed by atoms with E-state index in [1.165, 1.54) is 24.5 Å². The Balaban J connectivity index is 1.95. The minimum atomic E-state index is -4.72. The number of carboxylic acids is 1. The summed E-state index contributed by atoms with van der Waals surface area (Å²) in [4.78, 5) is 33.0. The van der Waals surface area contributed by atoms with Crippen molar-refractivity contribution in [3.05, 3.63) is 59.0 Å². The second kappa shape index (κ2) is 14.9. The SMILES string of the molecule is CCCCCCCCc1ccc(N(C(=O)OCCC(N)C(=O)O)c2nc(-c3cccnc3)c(F)s2)cc1C(F)(F)F. The summed E-state index contributed by atoms with van der Waals surface area (Å²) in [5, 5.41) is 7.91. The summed E-state index contributed by atoms with van der Waals surface area (Å²) in [6.45, 7) is 1.65. The largest absolute Gasteiger partial charge is 0.480 e. The van der Waals surface area contributed by atoms with Crippen LogP contribution in [0.2, 0.25) is 0 Å². The maximum absolute atomic E-state index is 15.0. The number of carbonyl (C=O) groups is 2. The lowest BCUT2D eigenvalue weighted by molar-refractivity contribution is -0.139. The second-order valence-corrected chi connectivity index (χ2v) is 10.3. The first kappa shape index (κ1) is 31.9. The van der Waals surface area contributed by atoms with Crippen molar-refractivity contribution in [2.24, 2.45) is 5.73 Å². The van der Waals surface area contributed by atoms with Crippen LogP contribution in [-0.4, -0.2) is 39.8 Å². The number of pyridine rings is 1. The number of aromatic nitrogens is 2. The summed E-state index contributed by atoms with van der Waals surface area (Å²) in [6.07, 6.45) is 2.41. The molecule has 0 spiro atoms. The van der Waals surface area contributed by atoms with E-state index in [2.05, 4.69) is 16.9 Å². The van der Waals surface area contributed by atoms with Gasteiger partial charge >= 0.3 is 18.2 Å². The number of hydrogen-bond donors (Lipinski definition) is 2. The van der Waals surface area contributed by atoms with Crippen LogP contribution in [-0.2, 0) is 22.1 Å². The molecule has 13 heteroatoms. The Labute approximate surface area is 239 Å². The van der Waals surface area contributed by atoms with Gasteiger partial charge in [0.15, 0.2) is 0 Å².